The van der Waals surface area contributed by atoms with Gasteiger partial charge in [0.1, 0.15) is 0 Å². The minimum Gasteiger partial charge on any atom is -0.493 e. The Labute approximate surface area is 176 Å². The van der Waals surface area contributed by atoms with Crippen LogP contribution in [0.4, 0.5) is 0 Å². The Balaban J connectivity index is 1.64. The highest BCUT2D eigenvalue weighted by molar-refractivity contribution is 5.93. The van der Waals surface area contributed by atoms with Crippen LogP contribution in [0, 0.1) is 0 Å². The van der Waals surface area contributed by atoms with Crippen LogP contribution in [-0.2, 0) is 0 Å². The highest BCUT2D eigenvalue weighted by Gasteiger charge is 2.25. The number of amides is 1. The lowest BCUT2D eigenvalue weighted by atomic mass is 10.1. The average Bonchev–Trinajstić information content (AvgIpc) is 3.22. The lowest BCUT2D eigenvalue weighted by Crippen LogP contribution is -2.50. The van der Waals surface area contributed by atoms with Crippen LogP contribution in [0.25, 0.3) is 16.9 Å². The molecular weight excluding hydrogens is 382 g/mol. The van der Waals surface area contributed by atoms with Crippen molar-refractivity contribution < 1.29 is 14.3 Å². The second-order valence-corrected chi connectivity index (χ2v) is 7.62. The van der Waals surface area contributed by atoms with Crippen molar-refractivity contribution in [1.29, 1.82) is 0 Å². The number of fused-ring (bicyclic) bond motifs is 1. The van der Waals surface area contributed by atoms with E-state index in [4.69, 9.17) is 9.47 Å². The van der Waals surface area contributed by atoms with E-state index in [1.165, 1.54) is 0 Å². The largest absolute Gasteiger partial charge is 0.493 e. The monoisotopic (exact) mass is 409 g/mol. The molecule has 8 heteroatoms. The third-order valence-corrected chi connectivity index (χ3v) is 5.59. The van der Waals surface area contributed by atoms with Gasteiger partial charge in [-0.2, -0.15) is 5.10 Å². The molecule has 3 heterocycles. The molecule has 0 radical (unpaired) electrons. The van der Waals surface area contributed by atoms with Gasteiger partial charge < -0.3 is 14.4 Å². The lowest BCUT2D eigenvalue weighted by Gasteiger charge is -2.36. The van der Waals surface area contributed by atoms with Crippen molar-refractivity contribution in [1.82, 2.24) is 24.4 Å². The molecule has 158 valence electrons. The van der Waals surface area contributed by atoms with Crippen molar-refractivity contribution in [3.63, 3.8) is 0 Å². The number of hydrogen-bond donors (Lipinski definition) is 0. The molecule has 1 saturated heterocycles. The molecule has 1 fully saturated rings. The minimum absolute atomic E-state index is 0.0535. The number of piperazine rings is 1. The van der Waals surface area contributed by atoms with E-state index in [1.54, 1.807) is 31.0 Å². The predicted molar refractivity (Wildman–Crippen MR) is 114 cm³/mol. The van der Waals surface area contributed by atoms with E-state index in [2.05, 4.69) is 28.8 Å². The zero-order valence-electron chi connectivity index (χ0n) is 17.8. The van der Waals surface area contributed by atoms with E-state index < -0.39 is 0 Å². The molecule has 1 amide bonds. The fourth-order valence-corrected chi connectivity index (χ4v) is 3.82. The lowest BCUT2D eigenvalue weighted by molar-refractivity contribution is 0.0589. The highest BCUT2D eigenvalue weighted by Crippen LogP contribution is 2.32. The molecule has 1 aliphatic heterocycles. The number of ether oxygens (including phenoxy) is 2. The van der Waals surface area contributed by atoms with Gasteiger partial charge >= 0.3 is 0 Å². The average molecular weight is 409 g/mol. The predicted octanol–water partition coefficient (Wildman–Crippen LogP) is 2.58. The topological polar surface area (TPSA) is 72.2 Å². The molecule has 0 unspecified atom stereocenters. The molecule has 8 nitrogen and oxygen atoms in total. The van der Waals surface area contributed by atoms with E-state index in [0.717, 1.165) is 24.3 Å². The molecule has 2 aromatic heterocycles. The summed E-state index contributed by atoms with van der Waals surface area (Å²) in [5.74, 6) is 1.23. The van der Waals surface area contributed by atoms with Gasteiger partial charge in [0.2, 0.25) is 0 Å². The van der Waals surface area contributed by atoms with Gasteiger partial charge in [-0.25, -0.2) is 9.50 Å². The summed E-state index contributed by atoms with van der Waals surface area (Å²) in [5, 5.41) is 4.59. The molecule has 30 heavy (non-hydrogen) atoms. The molecule has 0 saturated carbocycles. The van der Waals surface area contributed by atoms with Crippen LogP contribution in [0.5, 0.6) is 11.5 Å². The molecule has 1 aliphatic rings. The zero-order valence-corrected chi connectivity index (χ0v) is 17.8. The van der Waals surface area contributed by atoms with Gasteiger partial charge in [0.05, 0.1) is 19.9 Å². The fraction of sp³-hybridized carbons (Fsp3) is 0.409. The van der Waals surface area contributed by atoms with Crippen LogP contribution in [0.15, 0.2) is 36.5 Å². The van der Waals surface area contributed by atoms with E-state index >= 15 is 0 Å². The molecule has 0 aliphatic carbocycles. The van der Waals surface area contributed by atoms with Crippen LogP contribution >= 0.6 is 0 Å². The first-order valence-electron chi connectivity index (χ1n) is 10.1. The van der Waals surface area contributed by atoms with Gasteiger partial charge in [0, 0.05) is 50.0 Å². The number of benzene rings is 1. The van der Waals surface area contributed by atoms with Gasteiger partial charge in [0.25, 0.3) is 5.91 Å². The first-order valence-corrected chi connectivity index (χ1v) is 10.1. The Morgan fingerprint density at radius 2 is 1.73 bits per heavy atom. The van der Waals surface area contributed by atoms with Crippen molar-refractivity contribution >= 4 is 11.6 Å². The molecular formula is C22H27N5O3. The summed E-state index contributed by atoms with van der Waals surface area (Å²) in [5.41, 5.74) is 2.76. The number of carbonyl (C=O) groups excluding carboxylic acids is 1. The van der Waals surface area contributed by atoms with Gasteiger partial charge in [-0.15, -0.1) is 0 Å². The Morgan fingerprint density at radius 3 is 2.40 bits per heavy atom. The maximum atomic E-state index is 13.0. The number of methoxy groups -OCH3 is 2. The third-order valence-electron chi connectivity index (χ3n) is 5.59. The van der Waals surface area contributed by atoms with Crippen molar-refractivity contribution in [2.45, 2.75) is 19.9 Å². The van der Waals surface area contributed by atoms with Gasteiger partial charge in [0.15, 0.2) is 22.8 Å². The van der Waals surface area contributed by atoms with E-state index in [0.29, 0.717) is 42.0 Å². The number of nitrogens with zero attached hydrogens (tertiary/aromatic N) is 5. The van der Waals surface area contributed by atoms with Gasteiger partial charge in [-0.3, -0.25) is 9.69 Å². The Morgan fingerprint density at radius 1 is 1.00 bits per heavy atom. The number of rotatable bonds is 5. The number of carbonyl (C=O) groups is 1. The van der Waals surface area contributed by atoms with Crippen molar-refractivity contribution in [2.75, 3.05) is 40.4 Å². The standard InChI is InChI=1S/C22H27N5O3/c1-15(2)25-9-11-26(12-10-25)22(28)17-14-21-23-8-7-18(27(21)24-17)16-5-6-19(29-3)20(13-16)30-4/h5-8,13-15H,9-12H2,1-4H3. The normalized spacial score (nSPS) is 15.0. The maximum absolute atomic E-state index is 13.0. The van der Waals surface area contributed by atoms with E-state index in [1.807, 2.05) is 29.2 Å². The Bertz CT molecular complexity index is 1050. The maximum Gasteiger partial charge on any atom is 0.274 e. The number of aromatic nitrogens is 3. The third kappa shape index (κ3) is 3.70. The molecule has 0 atom stereocenters. The molecule has 0 bridgehead atoms. The highest BCUT2D eigenvalue weighted by atomic mass is 16.5. The van der Waals surface area contributed by atoms with E-state index in [9.17, 15) is 4.79 Å². The Kier molecular flexibility index (Phi) is 5.59. The van der Waals surface area contributed by atoms with Crippen LogP contribution < -0.4 is 9.47 Å². The molecule has 3 aromatic rings. The van der Waals surface area contributed by atoms with Crippen LogP contribution in [0.3, 0.4) is 0 Å². The smallest absolute Gasteiger partial charge is 0.274 e. The van der Waals surface area contributed by atoms with Gasteiger partial charge in [-0.05, 0) is 38.1 Å². The SMILES string of the molecule is COc1ccc(-c2ccnc3cc(C(=O)N4CCN(C(C)C)CC4)nn23)cc1OC. The summed E-state index contributed by atoms with van der Waals surface area (Å²) in [6, 6.07) is 9.79. The summed E-state index contributed by atoms with van der Waals surface area (Å²) < 4.78 is 12.5. The molecule has 1 aromatic carbocycles. The molecule has 0 spiro atoms. The summed E-state index contributed by atoms with van der Waals surface area (Å²) >= 11 is 0. The zero-order chi connectivity index (χ0) is 21.3. The molecule has 0 N–H and O–H groups in total. The second kappa shape index (κ2) is 8.31. The van der Waals surface area contributed by atoms with Gasteiger partial charge in [-0.1, -0.05) is 0 Å². The summed E-state index contributed by atoms with van der Waals surface area (Å²) in [6.07, 6.45) is 1.72. The van der Waals surface area contributed by atoms with Crippen LogP contribution in [-0.4, -0.2) is 76.7 Å². The number of hydrogen-bond acceptors (Lipinski definition) is 6. The second-order valence-electron chi connectivity index (χ2n) is 7.62. The Hall–Kier alpha value is -3.13. The van der Waals surface area contributed by atoms with Crippen molar-refractivity contribution in [3.05, 3.63) is 42.2 Å². The van der Waals surface area contributed by atoms with Crippen LogP contribution in [0.1, 0.15) is 24.3 Å². The minimum atomic E-state index is -0.0535. The van der Waals surface area contributed by atoms with Crippen molar-refractivity contribution in [3.8, 4) is 22.8 Å². The summed E-state index contributed by atoms with van der Waals surface area (Å²) in [7, 11) is 3.21. The van der Waals surface area contributed by atoms with E-state index in [-0.39, 0.29) is 5.91 Å². The summed E-state index contributed by atoms with van der Waals surface area (Å²) in [4.78, 5) is 21.7. The summed E-state index contributed by atoms with van der Waals surface area (Å²) in [6.45, 7) is 7.54. The first-order chi connectivity index (χ1) is 14.5. The first kappa shape index (κ1) is 20.2. The quantitative estimate of drug-likeness (QED) is 0.645. The van der Waals surface area contributed by atoms with Crippen LogP contribution in [0.2, 0.25) is 0 Å². The fourth-order valence-electron chi connectivity index (χ4n) is 3.82. The molecule has 4 rings (SSSR count). The van der Waals surface area contributed by atoms with Crippen molar-refractivity contribution in [2.24, 2.45) is 0 Å².